The lowest BCUT2D eigenvalue weighted by Crippen LogP contribution is -2.15. The molecule has 1 saturated carbocycles. The Kier molecular flexibility index (Phi) is 4.97. The second kappa shape index (κ2) is 6.97. The van der Waals surface area contributed by atoms with E-state index in [0.29, 0.717) is 13.2 Å². The van der Waals surface area contributed by atoms with Crippen LogP contribution in [0.3, 0.4) is 0 Å². The van der Waals surface area contributed by atoms with Crippen molar-refractivity contribution in [3.05, 3.63) is 64.1 Å². The van der Waals surface area contributed by atoms with Crippen LogP contribution in [-0.2, 0) is 16.8 Å². The van der Waals surface area contributed by atoms with Crippen molar-refractivity contribution >= 4 is 15.9 Å². The van der Waals surface area contributed by atoms with E-state index in [9.17, 15) is 8.78 Å². The summed E-state index contributed by atoms with van der Waals surface area (Å²) < 4.78 is 35.7. The van der Waals surface area contributed by atoms with Gasteiger partial charge < -0.3 is 9.47 Å². The minimum absolute atomic E-state index is 0.0232. The van der Waals surface area contributed by atoms with Gasteiger partial charge >= 0.3 is 6.61 Å². The summed E-state index contributed by atoms with van der Waals surface area (Å²) in [6.07, 6.45) is 2.11. The van der Waals surface area contributed by atoms with E-state index in [1.807, 2.05) is 36.4 Å². The number of ether oxygens (including phenoxy) is 2. The first-order chi connectivity index (χ1) is 11.1. The fourth-order valence-electron chi connectivity index (χ4n) is 2.65. The highest BCUT2D eigenvalue weighted by molar-refractivity contribution is 9.10. The van der Waals surface area contributed by atoms with Crippen molar-refractivity contribution in [2.24, 2.45) is 0 Å². The van der Waals surface area contributed by atoms with Crippen LogP contribution >= 0.6 is 15.9 Å². The predicted molar refractivity (Wildman–Crippen MR) is 87.8 cm³/mol. The van der Waals surface area contributed by atoms with Gasteiger partial charge in [-0.1, -0.05) is 40.2 Å². The van der Waals surface area contributed by atoms with Crippen LogP contribution in [0.25, 0.3) is 0 Å². The lowest BCUT2D eigenvalue weighted by atomic mass is 9.97. The second-order valence-corrected chi connectivity index (χ2v) is 6.72. The van der Waals surface area contributed by atoms with Crippen molar-refractivity contribution in [1.82, 2.24) is 0 Å². The Morgan fingerprint density at radius 3 is 2.43 bits per heavy atom. The van der Waals surface area contributed by atoms with Crippen molar-refractivity contribution in [2.45, 2.75) is 31.5 Å². The molecule has 1 aliphatic carbocycles. The number of hydrogen-bond donors (Lipinski definition) is 0. The first kappa shape index (κ1) is 16.4. The fourth-order valence-corrected chi connectivity index (χ4v) is 3.09. The van der Waals surface area contributed by atoms with Gasteiger partial charge in [0.25, 0.3) is 0 Å². The molecule has 0 unspecified atom stereocenters. The molecule has 0 spiro atoms. The van der Waals surface area contributed by atoms with Crippen molar-refractivity contribution < 1.29 is 18.3 Å². The van der Waals surface area contributed by atoms with Gasteiger partial charge in [0, 0.05) is 9.89 Å². The molecule has 0 atom stereocenters. The molecule has 5 heteroatoms. The molecule has 3 rings (SSSR count). The Morgan fingerprint density at radius 2 is 1.83 bits per heavy atom. The highest BCUT2D eigenvalue weighted by Gasteiger charge is 2.44. The topological polar surface area (TPSA) is 18.5 Å². The number of alkyl halides is 2. The van der Waals surface area contributed by atoms with Crippen molar-refractivity contribution in [3.63, 3.8) is 0 Å². The van der Waals surface area contributed by atoms with E-state index in [1.165, 1.54) is 0 Å². The average molecular weight is 383 g/mol. The maximum Gasteiger partial charge on any atom is 0.387 e. The molecule has 0 aliphatic heterocycles. The maximum atomic E-state index is 12.2. The molecule has 23 heavy (non-hydrogen) atoms. The van der Waals surface area contributed by atoms with Gasteiger partial charge in [0.1, 0.15) is 5.75 Å². The Hall–Kier alpha value is -1.46. The predicted octanol–water partition coefficient (Wildman–Crippen LogP) is 5.30. The van der Waals surface area contributed by atoms with E-state index < -0.39 is 6.61 Å². The summed E-state index contributed by atoms with van der Waals surface area (Å²) in [5.41, 5.74) is 2.26. The molecule has 1 aliphatic rings. The molecular weight excluding hydrogens is 366 g/mol. The fraction of sp³-hybridized carbons (Fsp3) is 0.333. The summed E-state index contributed by atoms with van der Waals surface area (Å²) in [4.78, 5) is 0. The summed E-state index contributed by atoms with van der Waals surface area (Å²) >= 11 is 3.45. The van der Waals surface area contributed by atoms with Crippen LogP contribution in [0.4, 0.5) is 8.78 Å². The molecule has 2 aromatic carbocycles. The van der Waals surface area contributed by atoms with Gasteiger partial charge in [0.2, 0.25) is 0 Å². The lowest BCUT2D eigenvalue weighted by Gasteiger charge is -2.17. The van der Waals surface area contributed by atoms with Gasteiger partial charge in [-0.25, -0.2) is 0 Å². The van der Waals surface area contributed by atoms with Crippen LogP contribution in [0.15, 0.2) is 53.0 Å². The zero-order valence-corrected chi connectivity index (χ0v) is 14.1. The third-order valence-corrected chi connectivity index (χ3v) is 4.57. The molecule has 122 valence electrons. The van der Waals surface area contributed by atoms with Gasteiger partial charge in [-0.3, -0.25) is 0 Å². The molecule has 2 aromatic rings. The molecule has 0 N–H and O–H groups in total. The van der Waals surface area contributed by atoms with Crippen LogP contribution in [-0.4, -0.2) is 13.2 Å². The van der Waals surface area contributed by atoms with Crippen LogP contribution in [0.2, 0.25) is 0 Å². The van der Waals surface area contributed by atoms with E-state index in [2.05, 4.69) is 20.7 Å². The van der Waals surface area contributed by atoms with Crippen LogP contribution < -0.4 is 4.74 Å². The zero-order valence-electron chi connectivity index (χ0n) is 12.5. The average Bonchev–Trinajstić information content (AvgIpc) is 3.28. The monoisotopic (exact) mass is 382 g/mol. The summed E-state index contributed by atoms with van der Waals surface area (Å²) in [5, 5.41) is 0. The second-order valence-electron chi connectivity index (χ2n) is 5.81. The Bertz CT molecular complexity index is 654. The molecule has 0 heterocycles. The standard InChI is InChI=1S/C18H17BrF2O2/c19-15-3-1-2-13(10-15)11-22-12-18(8-9-18)14-4-6-16(7-5-14)23-17(20)21/h1-7,10,17H,8-9,11-12H2. The number of rotatable bonds is 7. The minimum atomic E-state index is -2.79. The first-order valence-corrected chi connectivity index (χ1v) is 8.24. The van der Waals surface area contributed by atoms with Crippen LogP contribution in [0.1, 0.15) is 24.0 Å². The van der Waals surface area contributed by atoms with Crippen molar-refractivity contribution in [1.29, 1.82) is 0 Å². The molecule has 1 fully saturated rings. The minimum Gasteiger partial charge on any atom is -0.435 e. The molecule has 0 saturated heterocycles. The molecule has 0 amide bonds. The third-order valence-electron chi connectivity index (χ3n) is 4.08. The van der Waals surface area contributed by atoms with Gasteiger partial charge in [-0.2, -0.15) is 8.78 Å². The van der Waals surface area contributed by atoms with Gasteiger partial charge in [0.05, 0.1) is 13.2 Å². The highest BCUT2D eigenvalue weighted by atomic mass is 79.9. The zero-order chi connectivity index (χ0) is 16.3. The van der Waals surface area contributed by atoms with Gasteiger partial charge in [-0.15, -0.1) is 0 Å². The smallest absolute Gasteiger partial charge is 0.387 e. The summed E-state index contributed by atoms with van der Waals surface area (Å²) in [7, 11) is 0. The molecule has 0 radical (unpaired) electrons. The summed E-state index contributed by atoms with van der Waals surface area (Å²) in [5.74, 6) is 0.189. The van der Waals surface area contributed by atoms with Gasteiger partial charge in [0.15, 0.2) is 0 Å². The summed E-state index contributed by atoms with van der Waals surface area (Å²) in [6, 6.07) is 14.9. The van der Waals surface area contributed by atoms with E-state index >= 15 is 0 Å². The largest absolute Gasteiger partial charge is 0.435 e. The quantitative estimate of drug-likeness (QED) is 0.646. The van der Waals surface area contributed by atoms with E-state index in [-0.39, 0.29) is 11.2 Å². The summed E-state index contributed by atoms with van der Waals surface area (Å²) in [6.45, 7) is -1.59. The van der Waals surface area contributed by atoms with Crippen molar-refractivity contribution in [2.75, 3.05) is 6.61 Å². The number of benzene rings is 2. The lowest BCUT2D eigenvalue weighted by molar-refractivity contribution is -0.0498. The van der Waals surface area contributed by atoms with Crippen LogP contribution in [0, 0.1) is 0 Å². The Labute approximate surface area is 142 Å². The normalized spacial score (nSPS) is 15.7. The molecule has 0 bridgehead atoms. The first-order valence-electron chi connectivity index (χ1n) is 7.45. The van der Waals surface area contributed by atoms with E-state index in [1.54, 1.807) is 12.1 Å². The number of hydrogen-bond acceptors (Lipinski definition) is 2. The highest BCUT2D eigenvalue weighted by Crippen LogP contribution is 2.48. The van der Waals surface area contributed by atoms with E-state index in [4.69, 9.17) is 4.74 Å². The van der Waals surface area contributed by atoms with E-state index in [0.717, 1.165) is 28.4 Å². The Balaban J connectivity index is 1.57. The molecule has 0 aromatic heterocycles. The number of halogens is 3. The third kappa shape index (κ3) is 4.30. The molecular formula is C18H17BrF2O2. The van der Waals surface area contributed by atoms with Crippen molar-refractivity contribution in [3.8, 4) is 5.75 Å². The maximum absolute atomic E-state index is 12.2. The van der Waals surface area contributed by atoms with Gasteiger partial charge in [-0.05, 0) is 48.2 Å². The Morgan fingerprint density at radius 1 is 1.09 bits per heavy atom. The SMILES string of the molecule is FC(F)Oc1ccc(C2(COCc3cccc(Br)c3)CC2)cc1. The van der Waals surface area contributed by atoms with Crippen LogP contribution in [0.5, 0.6) is 5.75 Å². The molecule has 2 nitrogen and oxygen atoms in total.